The Hall–Kier alpha value is -3.28. The molecule has 132 valence electrons. The van der Waals surface area contributed by atoms with Gasteiger partial charge in [0.25, 0.3) is 5.91 Å². The maximum atomic E-state index is 12.3. The fourth-order valence-electron chi connectivity index (χ4n) is 2.81. The largest absolute Gasteiger partial charge is 0.486 e. The third kappa shape index (κ3) is 3.69. The van der Waals surface area contributed by atoms with Crippen LogP contribution in [0.25, 0.3) is 0 Å². The predicted octanol–water partition coefficient (Wildman–Crippen LogP) is 2.50. The second-order valence-corrected chi connectivity index (χ2v) is 6.12. The zero-order valence-electron chi connectivity index (χ0n) is 14.2. The lowest BCUT2D eigenvalue weighted by atomic mass is 10.2. The van der Waals surface area contributed by atoms with Crippen LogP contribution in [0.2, 0.25) is 0 Å². The molecule has 1 atom stereocenters. The van der Waals surface area contributed by atoms with E-state index in [1.807, 2.05) is 54.6 Å². The first-order valence-corrected chi connectivity index (χ1v) is 8.51. The minimum Gasteiger partial charge on any atom is -0.486 e. The van der Waals surface area contributed by atoms with Crippen molar-refractivity contribution in [3.8, 4) is 11.5 Å². The zero-order valence-corrected chi connectivity index (χ0v) is 14.2. The Bertz CT molecular complexity index is 892. The minimum absolute atomic E-state index is 0.174. The van der Waals surface area contributed by atoms with E-state index in [4.69, 9.17) is 9.47 Å². The first kappa shape index (κ1) is 16.2. The molecule has 1 aromatic heterocycles. The maximum Gasteiger partial charge on any atom is 0.254 e. The topological polar surface area (TPSA) is 65.4 Å². The Balaban J connectivity index is 1.32. The second-order valence-electron chi connectivity index (χ2n) is 6.12. The molecule has 3 aromatic rings. The molecule has 0 saturated heterocycles. The van der Waals surface area contributed by atoms with Crippen LogP contribution in [-0.4, -0.2) is 34.9 Å². The van der Waals surface area contributed by atoms with Crippen molar-refractivity contribution in [3.05, 3.63) is 78.1 Å². The van der Waals surface area contributed by atoms with Gasteiger partial charge in [0.05, 0.1) is 24.8 Å². The number of ether oxygens (including phenoxy) is 2. The highest BCUT2D eigenvalue weighted by molar-refractivity contribution is 5.93. The number of carbonyl (C=O) groups excluding carboxylic acids is 1. The summed E-state index contributed by atoms with van der Waals surface area (Å²) < 4.78 is 13.2. The van der Waals surface area contributed by atoms with E-state index in [-0.39, 0.29) is 12.0 Å². The first-order chi connectivity index (χ1) is 12.8. The van der Waals surface area contributed by atoms with Crippen molar-refractivity contribution in [2.45, 2.75) is 12.6 Å². The molecule has 0 bridgehead atoms. The molecule has 0 spiro atoms. The lowest BCUT2D eigenvalue weighted by molar-refractivity contribution is 0.0789. The number of hydrogen-bond donors (Lipinski definition) is 1. The van der Waals surface area contributed by atoms with Crippen molar-refractivity contribution < 1.29 is 14.3 Å². The molecule has 4 rings (SSSR count). The highest BCUT2D eigenvalue weighted by atomic mass is 16.6. The molecule has 2 aromatic carbocycles. The summed E-state index contributed by atoms with van der Waals surface area (Å²) in [4.78, 5) is 12.3. The van der Waals surface area contributed by atoms with Crippen molar-refractivity contribution in [1.82, 2.24) is 15.1 Å². The number of carbonyl (C=O) groups is 1. The normalized spacial score (nSPS) is 15.5. The molecule has 0 saturated carbocycles. The number of amides is 1. The number of nitrogens with one attached hydrogen (secondary N) is 1. The van der Waals surface area contributed by atoms with Gasteiger partial charge in [-0.25, -0.2) is 0 Å². The number of fused-ring (bicyclic) bond motifs is 1. The molecular weight excluding hydrogens is 330 g/mol. The van der Waals surface area contributed by atoms with E-state index < -0.39 is 0 Å². The zero-order chi connectivity index (χ0) is 17.8. The van der Waals surface area contributed by atoms with Gasteiger partial charge in [0.2, 0.25) is 0 Å². The van der Waals surface area contributed by atoms with Crippen LogP contribution in [-0.2, 0) is 6.54 Å². The Morgan fingerprint density at radius 2 is 1.88 bits per heavy atom. The summed E-state index contributed by atoms with van der Waals surface area (Å²) in [6, 6.07) is 17.5. The van der Waals surface area contributed by atoms with E-state index in [1.54, 1.807) is 17.1 Å². The molecule has 0 radical (unpaired) electrons. The third-order valence-corrected chi connectivity index (χ3v) is 4.14. The van der Waals surface area contributed by atoms with Gasteiger partial charge in [-0.2, -0.15) is 5.10 Å². The lowest BCUT2D eigenvalue weighted by Gasteiger charge is -2.26. The molecule has 6 nitrogen and oxygen atoms in total. The SMILES string of the molecule is O=C(NC[C@@H]1COc2ccccc2O1)c1cnn(Cc2ccccc2)c1. The summed E-state index contributed by atoms with van der Waals surface area (Å²) >= 11 is 0. The molecule has 0 fully saturated rings. The van der Waals surface area contributed by atoms with Crippen LogP contribution in [0, 0.1) is 0 Å². The van der Waals surface area contributed by atoms with Crippen LogP contribution in [0.15, 0.2) is 67.0 Å². The average Bonchev–Trinajstić information content (AvgIpc) is 3.15. The molecule has 2 heterocycles. The summed E-state index contributed by atoms with van der Waals surface area (Å²) in [5.74, 6) is 1.26. The van der Waals surface area contributed by atoms with Crippen molar-refractivity contribution in [2.24, 2.45) is 0 Å². The summed E-state index contributed by atoms with van der Waals surface area (Å²) in [6.07, 6.45) is 3.11. The van der Waals surface area contributed by atoms with Gasteiger partial charge in [-0.1, -0.05) is 42.5 Å². The van der Waals surface area contributed by atoms with Crippen LogP contribution in [0.4, 0.5) is 0 Å². The Labute approximate surface area is 151 Å². The smallest absolute Gasteiger partial charge is 0.254 e. The van der Waals surface area contributed by atoms with E-state index in [0.29, 0.717) is 31.0 Å². The van der Waals surface area contributed by atoms with Crippen LogP contribution < -0.4 is 14.8 Å². The van der Waals surface area contributed by atoms with Gasteiger partial charge < -0.3 is 14.8 Å². The maximum absolute atomic E-state index is 12.3. The van der Waals surface area contributed by atoms with E-state index in [0.717, 1.165) is 11.3 Å². The van der Waals surface area contributed by atoms with Crippen LogP contribution in [0.3, 0.4) is 0 Å². The number of nitrogens with zero attached hydrogens (tertiary/aromatic N) is 2. The van der Waals surface area contributed by atoms with Gasteiger partial charge in [-0.05, 0) is 17.7 Å². The minimum atomic E-state index is -0.215. The fraction of sp³-hybridized carbons (Fsp3) is 0.200. The van der Waals surface area contributed by atoms with Gasteiger partial charge in [0, 0.05) is 6.20 Å². The third-order valence-electron chi connectivity index (χ3n) is 4.14. The van der Waals surface area contributed by atoms with Crippen molar-refractivity contribution in [2.75, 3.05) is 13.2 Å². The van der Waals surface area contributed by atoms with Gasteiger partial charge >= 0.3 is 0 Å². The lowest BCUT2D eigenvalue weighted by Crippen LogP contribution is -2.40. The number of benzene rings is 2. The highest BCUT2D eigenvalue weighted by Crippen LogP contribution is 2.30. The van der Waals surface area contributed by atoms with E-state index in [2.05, 4.69) is 10.4 Å². The van der Waals surface area contributed by atoms with Crippen LogP contribution >= 0.6 is 0 Å². The van der Waals surface area contributed by atoms with Crippen LogP contribution in [0.5, 0.6) is 11.5 Å². The molecular formula is C20H19N3O3. The summed E-state index contributed by atoms with van der Waals surface area (Å²) in [5.41, 5.74) is 1.66. The highest BCUT2D eigenvalue weighted by Gasteiger charge is 2.21. The van der Waals surface area contributed by atoms with Gasteiger partial charge in [-0.15, -0.1) is 0 Å². The van der Waals surface area contributed by atoms with Crippen molar-refractivity contribution >= 4 is 5.91 Å². The van der Waals surface area contributed by atoms with Crippen molar-refractivity contribution in [3.63, 3.8) is 0 Å². The standard InChI is InChI=1S/C20H19N3O3/c24-20(16-10-22-23(13-16)12-15-6-2-1-3-7-15)21-11-17-14-25-18-8-4-5-9-19(18)26-17/h1-10,13,17H,11-12,14H2,(H,21,24)/t17-/m1/s1. The quantitative estimate of drug-likeness (QED) is 0.769. The Morgan fingerprint density at radius 3 is 2.73 bits per heavy atom. The second kappa shape index (κ2) is 7.31. The summed E-state index contributed by atoms with van der Waals surface area (Å²) in [5, 5.41) is 7.14. The molecule has 1 amide bonds. The molecule has 1 N–H and O–H groups in total. The van der Waals surface area contributed by atoms with E-state index in [1.165, 1.54) is 0 Å². The predicted molar refractivity (Wildman–Crippen MR) is 96.5 cm³/mol. The van der Waals surface area contributed by atoms with Gasteiger partial charge in [0.15, 0.2) is 11.5 Å². The van der Waals surface area contributed by atoms with E-state index >= 15 is 0 Å². The Kier molecular flexibility index (Phi) is 4.55. The number of rotatable bonds is 5. The molecule has 0 unspecified atom stereocenters. The van der Waals surface area contributed by atoms with Gasteiger partial charge in [0.1, 0.15) is 12.7 Å². The number of hydrogen-bond acceptors (Lipinski definition) is 4. The van der Waals surface area contributed by atoms with Gasteiger partial charge in [-0.3, -0.25) is 9.48 Å². The fourth-order valence-corrected chi connectivity index (χ4v) is 2.81. The van der Waals surface area contributed by atoms with E-state index in [9.17, 15) is 4.79 Å². The molecule has 26 heavy (non-hydrogen) atoms. The monoisotopic (exact) mass is 349 g/mol. The first-order valence-electron chi connectivity index (χ1n) is 8.51. The summed E-state index contributed by atoms with van der Waals surface area (Å²) in [6.45, 7) is 1.41. The molecule has 6 heteroatoms. The number of aromatic nitrogens is 2. The molecule has 0 aliphatic carbocycles. The summed E-state index contributed by atoms with van der Waals surface area (Å²) in [7, 11) is 0. The van der Waals surface area contributed by atoms with Crippen molar-refractivity contribution in [1.29, 1.82) is 0 Å². The molecule has 1 aliphatic heterocycles. The molecule has 1 aliphatic rings. The number of para-hydroxylation sites is 2. The average molecular weight is 349 g/mol. The van der Waals surface area contributed by atoms with Crippen LogP contribution in [0.1, 0.15) is 15.9 Å². The Morgan fingerprint density at radius 1 is 1.12 bits per heavy atom.